The summed E-state index contributed by atoms with van der Waals surface area (Å²) < 4.78 is 14.1. The molecule has 1 aliphatic rings. The molecule has 0 atom stereocenters. The number of halogens is 1. The summed E-state index contributed by atoms with van der Waals surface area (Å²) in [5, 5.41) is 0. The predicted molar refractivity (Wildman–Crippen MR) is 77.6 cm³/mol. The smallest absolute Gasteiger partial charge is 0.147 e. The van der Waals surface area contributed by atoms with E-state index >= 15 is 0 Å². The average molecular weight is 266 g/mol. The number of hydrogen-bond donors (Lipinski definition) is 1. The fourth-order valence-electron chi connectivity index (χ4n) is 2.11. The highest BCUT2D eigenvalue weighted by Gasteiger charge is 2.30. The van der Waals surface area contributed by atoms with Crippen LogP contribution in [0.5, 0.6) is 0 Å². The maximum absolute atomic E-state index is 14.1. The minimum absolute atomic E-state index is 0.219. The van der Waals surface area contributed by atoms with Gasteiger partial charge in [0, 0.05) is 18.2 Å². The van der Waals surface area contributed by atoms with Crippen LogP contribution >= 0.6 is 12.2 Å². The van der Waals surface area contributed by atoms with Gasteiger partial charge >= 0.3 is 0 Å². The molecule has 0 bridgehead atoms. The molecule has 0 aliphatic heterocycles. The first kappa shape index (κ1) is 13.3. The molecule has 1 fully saturated rings. The summed E-state index contributed by atoms with van der Waals surface area (Å²) in [6, 6.07) is 5.57. The van der Waals surface area contributed by atoms with E-state index in [2.05, 4.69) is 11.8 Å². The maximum Gasteiger partial charge on any atom is 0.147 e. The van der Waals surface area contributed by atoms with Gasteiger partial charge in [0.05, 0.1) is 5.69 Å². The molecule has 0 saturated heterocycles. The number of nitrogens with two attached hydrogens (primary N) is 1. The van der Waals surface area contributed by atoms with E-state index in [0.717, 1.165) is 19.4 Å². The Bertz CT molecular complexity index is 443. The van der Waals surface area contributed by atoms with Gasteiger partial charge in [-0.25, -0.2) is 4.39 Å². The van der Waals surface area contributed by atoms with Gasteiger partial charge in [0.25, 0.3) is 0 Å². The second-order valence-corrected chi connectivity index (χ2v) is 5.25. The first-order chi connectivity index (χ1) is 8.63. The van der Waals surface area contributed by atoms with Gasteiger partial charge in [0.1, 0.15) is 10.8 Å². The van der Waals surface area contributed by atoms with E-state index in [9.17, 15) is 4.39 Å². The van der Waals surface area contributed by atoms with Crippen molar-refractivity contribution < 1.29 is 4.39 Å². The van der Waals surface area contributed by atoms with Gasteiger partial charge in [-0.1, -0.05) is 25.6 Å². The molecule has 4 heteroatoms. The van der Waals surface area contributed by atoms with E-state index in [-0.39, 0.29) is 10.8 Å². The first-order valence-corrected chi connectivity index (χ1v) is 6.90. The van der Waals surface area contributed by atoms with Crippen LogP contribution in [0.4, 0.5) is 10.1 Å². The van der Waals surface area contributed by atoms with Crippen molar-refractivity contribution in [1.82, 2.24) is 0 Å². The van der Waals surface area contributed by atoms with Crippen molar-refractivity contribution in [3.63, 3.8) is 0 Å². The van der Waals surface area contributed by atoms with Crippen molar-refractivity contribution in [3.05, 3.63) is 29.6 Å². The Morgan fingerprint density at radius 1 is 1.50 bits per heavy atom. The lowest BCUT2D eigenvalue weighted by molar-refractivity contribution is 0.609. The summed E-state index contributed by atoms with van der Waals surface area (Å²) in [6.45, 7) is 3.07. The van der Waals surface area contributed by atoms with Crippen LogP contribution in [0, 0.1) is 5.82 Å². The summed E-state index contributed by atoms with van der Waals surface area (Å²) in [5.74, 6) is -0.219. The molecule has 2 nitrogen and oxygen atoms in total. The fraction of sp³-hybridized carbons (Fsp3) is 0.500. The molecule has 0 unspecified atom stereocenters. The average Bonchev–Trinajstić information content (AvgIpc) is 3.15. The van der Waals surface area contributed by atoms with Crippen LogP contribution in [0.2, 0.25) is 0 Å². The zero-order valence-corrected chi connectivity index (χ0v) is 11.5. The molecule has 0 amide bonds. The van der Waals surface area contributed by atoms with Crippen LogP contribution in [0.15, 0.2) is 18.2 Å². The lowest BCUT2D eigenvalue weighted by Gasteiger charge is -2.25. The van der Waals surface area contributed by atoms with E-state index < -0.39 is 0 Å². The molecule has 18 heavy (non-hydrogen) atoms. The molecule has 2 N–H and O–H groups in total. The molecule has 98 valence electrons. The van der Waals surface area contributed by atoms with Crippen molar-refractivity contribution >= 4 is 22.9 Å². The van der Waals surface area contributed by atoms with Crippen LogP contribution in [0.3, 0.4) is 0 Å². The van der Waals surface area contributed by atoms with Crippen LogP contribution in [-0.4, -0.2) is 17.6 Å². The molecule has 1 saturated carbocycles. The number of unbranched alkanes of at least 4 members (excludes halogenated alkanes) is 1. The van der Waals surface area contributed by atoms with E-state index in [0.29, 0.717) is 17.3 Å². The molecule has 0 aromatic heterocycles. The number of nitrogens with zero attached hydrogens (tertiary/aromatic N) is 1. The Morgan fingerprint density at radius 2 is 2.22 bits per heavy atom. The van der Waals surface area contributed by atoms with Crippen LogP contribution < -0.4 is 10.6 Å². The summed E-state index contributed by atoms with van der Waals surface area (Å²) in [7, 11) is 0. The van der Waals surface area contributed by atoms with Gasteiger partial charge in [-0.15, -0.1) is 0 Å². The summed E-state index contributed by atoms with van der Waals surface area (Å²) >= 11 is 4.86. The third kappa shape index (κ3) is 2.99. The lowest BCUT2D eigenvalue weighted by atomic mass is 10.1. The highest BCUT2D eigenvalue weighted by atomic mass is 32.1. The van der Waals surface area contributed by atoms with E-state index in [1.54, 1.807) is 6.07 Å². The quantitative estimate of drug-likeness (QED) is 0.802. The summed E-state index contributed by atoms with van der Waals surface area (Å²) in [4.78, 5) is 2.43. The van der Waals surface area contributed by atoms with Crippen molar-refractivity contribution in [2.45, 2.75) is 38.6 Å². The third-order valence-electron chi connectivity index (χ3n) is 3.28. The van der Waals surface area contributed by atoms with Crippen molar-refractivity contribution in [3.8, 4) is 0 Å². The molecule has 0 heterocycles. The minimum Gasteiger partial charge on any atom is -0.389 e. The minimum atomic E-state index is -0.219. The van der Waals surface area contributed by atoms with Gasteiger partial charge in [-0.3, -0.25) is 0 Å². The monoisotopic (exact) mass is 266 g/mol. The second-order valence-electron chi connectivity index (χ2n) is 4.81. The van der Waals surface area contributed by atoms with Crippen LogP contribution in [0.1, 0.15) is 38.2 Å². The van der Waals surface area contributed by atoms with Gasteiger partial charge in [0.15, 0.2) is 0 Å². The molecule has 1 aliphatic carbocycles. The molecule has 0 radical (unpaired) electrons. The Hall–Kier alpha value is -1.16. The van der Waals surface area contributed by atoms with Crippen molar-refractivity contribution in [2.24, 2.45) is 5.73 Å². The second kappa shape index (κ2) is 5.65. The van der Waals surface area contributed by atoms with E-state index in [1.165, 1.54) is 18.9 Å². The van der Waals surface area contributed by atoms with Gasteiger partial charge in [-0.2, -0.15) is 0 Å². The molecule has 1 aromatic rings. The lowest BCUT2D eigenvalue weighted by Crippen LogP contribution is -2.27. The van der Waals surface area contributed by atoms with Gasteiger partial charge in [0.2, 0.25) is 0 Å². The summed E-state index contributed by atoms with van der Waals surface area (Å²) in [5.41, 5.74) is 6.79. The first-order valence-electron chi connectivity index (χ1n) is 6.49. The Labute approximate surface area is 113 Å². The zero-order chi connectivity index (χ0) is 13.1. The zero-order valence-electron chi connectivity index (χ0n) is 10.7. The van der Waals surface area contributed by atoms with Crippen molar-refractivity contribution in [2.75, 3.05) is 11.4 Å². The van der Waals surface area contributed by atoms with Crippen molar-refractivity contribution in [1.29, 1.82) is 0 Å². The maximum atomic E-state index is 14.1. The number of rotatable bonds is 6. The Kier molecular flexibility index (Phi) is 4.17. The Balaban J connectivity index is 2.21. The Morgan fingerprint density at radius 3 is 2.72 bits per heavy atom. The number of anilines is 1. The van der Waals surface area contributed by atoms with E-state index in [4.69, 9.17) is 18.0 Å². The number of thiocarbonyl (C=S) groups is 1. The van der Waals surface area contributed by atoms with Crippen LogP contribution in [0.25, 0.3) is 0 Å². The number of benzene rings is 1. The predicted octanol–water partition coefficient (Wildman–Crippen LogP) is 3.23. The summed E-state index contributed by atoms with van der Waals surface area (Å²) in [6.07, 6.45) is 4.54. The highest BCUT2D eigenvalue weighted by Crippen LogP contribution is 2.33. The normalized spacial score (nSPS) is 14.6. The van der Waals surface area contributed by atoms with Gasteiger partial charge < -0.3 is 10.6 Å². The molecule has 1 aromatic carbocycles. The molecule has 0 spiro atoms. The highest BCUT2D eigenvalue weighted by molar-refractivity contribution is 7.80. The standard InChI is InChI=1S/C14H19FN2S/c1-2-3-8-17(11-5-6-11)13-7-4-10(14(16)18)9-12(13)15/h4,7,9,11H,2-3,5-6,8H2,1H3,(H2,16,18). The molecular formula is C14H19FN2S. The largest absolute Gasteiger partial charge is 0.389 e. The molecule has 2 rings (SSSR count). The van der Waals surface area contributed by atoms with Crippen LogP contribution in [-0.2, 0) is 0 Å². The fourth-order valence-corrected chi connectivity index (χ4v) is 2.23. The van der Waals surface area contributed by atoms with Gasteiger partial charge in [-0.05, 0) is 37.5 Å². The SMILES string of the molecule is CCCCN(c1ccc(C(N)=S)cc1F)C1CC1. The third-order valence-corrected chi connectivity index (χ3v) is 3.52. The number of hydrogen-bond acceptors (Lipinski definition) is 2. The topological polar surface area (TPSA) is 29.3 Å². The van der Waals surface area contributed by atoms with E-state index in [1.807, 2.05) is 6.07 Å². The molecular weight excluding hydrogens is 247 g/mol.